The van der Waals surface area contributed by atoms with Crippen LogP contribution in [0.5, 0.6) is 0 Å². The van der Waals surface area contributed by atoms with E-state index in [-0.39, 0.29) is 0 Å². The molecule has 2 aliphatic heterocycles. The third-order valence-electron chi connectivity index (χ3n) is 3.32. The van der Waals surface area contributed by atoms with Gasteiger partial charge in [0.2, 0.25) is 0 Å². The Morgan fingerprint density at radius 1 is 1.47 bits per heavy atom. The molecule has 0 spiro atoms. The van der Waals surface area contributed by atoms with Crippen molar-refractivity contribution in [1.82, 2.24) is 10.3 Å². The summed E-state index contributed by atoms with van der Waals surface area (Å²) < 4.78 is 0. The van der Waals surface area contributed by atoms with Crippen molar-refractivity contribution in [3.05, 3.63) is 24.0 Å². The lowest BCUT2D eigenvalue weighted by Crippen LogP contribution is -2.55. The van der Waals surface area contributed by atoms with Gasteiger partial charge in [-0.15, -0.1) is 0 Å². The van der Waals surface area contributed by atoms with E-state index in [1.54, 1.807) is 6.20 Å². The molecule has 0 bridgehead atoms. The van der Waals surface area contributed by atoms with Gasteiger partial charge in [-0.1, -0.05) is 0 Å². The van der Waals surface area contributed by atoms with E-state index in [0.29, 0.717) is 11.6 Å². The number of nitrogens with one attached hydrogen (secondary N) is 1. The molecule has 1 aromatic rings. The van der Waals surface area contributed by atoms with Crippen LogP contribution in [0.15, 0.2) is 18.5 Å². The van der Waals surface area contributed by atoms with Crippen molar-refractivity contribution < 1.29 is 0 Å². The molecule has 4 nitrogen and oxygen atoms in total. The van der Waals surface area contributed by atoms with Crippen LogP contribution in [0, 0.1) is 17.2 Å². The molecular weight excluding hydrogens is 188 g/mol. The number of hydrogen-bond donors (Lipinski definition) is 1. The second kappa shape index (κ2) is 3.21. The normalized spacial score (nSPS) is 28.1. The molecule has 0 aromatic carbocycles. The minimum Gasteiger partial charge on any atom is -0.365 e. The summed E-state index contributed by atoms with van der Waals surface area (Å²) >= 11 is 0. The van der Waals surface area contributed by atoms with Crippen LogP contribution < -0.4 is 10.2 Å². The van der Waals surface area contributed by atoms with E-state index >= 15 is 0 Å². The van der Waals surface area contributed by atoms with Crippen molar-refractivity contribution in [3.8, 4) is 6.07 Å². The van der Waals surface area contributed by atoms with E-state index in [9.17, 15) is 0 Å². The van der Waals surface area contributed by atoms with Gasteiger partial charge in [0.05, 0.1) is 17.4 Å². The van der Waals surface area contributed by atoms with E-state index in [4.69, 9.17) is 5.26 Å². The summed E-state index contributed by atoms with van der Waals surface area (Å²) in [6.45, 7) is 3.28. The Morgan fingerprint density at radius 2 is 2.40 bits per heavy atom. The molecule has 3 heterocycles. The first-order valence-electron chi connectivity index (χ1n) is 5.21. The Hall–Kier alpha value is -1.60. The van der Waals surface area contributed by atoms with Crippen LogP contribution >= 0.6 is 0 Å². The molecule has 1 aromatic heterocycles. The first-order valence-corrected chi connectivity index (χ1v) is 5.21. The van der Waals surface area contributed by atoms with Crippen molar-refractivity contribution in [2.45, 2.75) is 6.04 Å². The van der Waals surface area contributed by atoms with Crippen molar-refractivity contribution in [2.24, 2.45) is 5.92 Å². The maximum atomic E-state index is 8.80. The van der Waals surface area contributed by atoms with Gasteiger partial charge in [0.15, 0.2) is 0 Å². The van der Waals surface area contributed by atoms with Gasteiger partial charge in [-0.25, -0.2) is 0 Å². The summed E-state index contributed by atoms with van der Waals surface area (Å²) in [5.74, 6) is 0.788. The van der Waals surface area contributed by atoms with Crippen LogP contribution in [0.3, 0.4) is 0 Å². The van der Waals surface area contributed by atoms with Crippen molar-refractivity contribution in [2.75, 3.05) is 24.5 Å². The highest BCUT2D eigenvalue weighted by Crippen LogP contribution is 2.32. The number of nitrogens with zero attached hydrogens (tertiary/aromatic N) is 3. The zero-order valence-electron chi connectivity index (χ0n) is 8.35. The number of aromatic nitrogens is 1. The SMILES string of the molecule is N#Cc1cncc(N2CC3CNC[C@@H]32)c1. The van der Waals surface area contributed by atoms with Gasteiger partial charge in [0.25, 0.3) is 0 Å². The topological polar surface area (TPSA) is 52.0 Å². The quantitative estimate of drug-likeness (QED) is 0.711. The van der Waals surface area contributed by atoms with Crippen LogP contribution in [-0.2, 0) is 0 Å². The molecule has 2 fully saturated rings. The van der Waals surface area contributed by atoms with E-state index in [1.165, 1.54) is 0 Å². The molecule has 1 unspecified atom stereocenters. The zero-order valence-corrected chi connectivity index (χ0v) is 8.35. The summed E-state index contributed by atoms with van der Waals surface area (Å²) in [6, 6.07) is 4.66. The highest BCUT2D eigenvalue weighted by Gasteiger charge is 2.42. The average Bonchev–Trinajstić information content (AvgIpc) is 2.61. The van der Waals surface area contributed by atoms with E-state index in [2.05, 4.69) is 21.3 Å². The van der Waals surface area contributed by atoms with E-state index < -0.39 is 0 Å². The summed E-state index contributed by atoms with van der Waals surface area (Å²) in [5, 5.41) is 12.2. The van der Waals surface area contributed by atoms with Gasteiger partial charge in [-0.05, 0) is 6.07 Å². The largest absolute Gasteiger partial charge is 0.365 e. The third-order valence-corrected chi connectivity index (χ3v) is 3.32. The Labute approximate surface area is 88.5 Å². The molecule has 2 atom stereocenters. The van der Waals surface area contributed by atoms with Crippen molar-refractivity contribution in [3.63, 3.8) is 0 Å². The fourth-order valence-electron chi connectivity index (χ4n) is 2.46. The van der Waals surface area contributed by atoms with Gasteiger partial charge < -0.3 is 10.2 Å². The maximum absolute atomic E-state index is 8.80. The van der Waals surface area contributed by atoms with Crippen LogP contribution in [0.4, 0.5) is 5.69 Å². The van der Waals surface area contributed by atoms with Crippen molar-refractivity contribution in [1.29, 1.82) is 5.26 Å². The van der Waals surface area contributed by atoms with E-state index in [1.807, 2.05) is 12.3 Å². The lowest BCUT2D eigenvalue weighted by Gasteiger charge is -2.45. The molecule has 0 radical (unpaired) electrons. The second-order valence-electron chi connectivity index (χ2n) is 4.18. The molecule has 2 aliphatic rings. The summed E-state index contributed by atoms with van der Waals surface area (Å²) in [7, 11) is 0. The predicted molar refractivity (Wildman–Crippen MR) is 56.4 cm³/mol. The average molecular weight is 200 g/mol. The minimum absolute atomic E-state index is 0.612. The van der Waals surface area contributed by atoms with Gasteiger partial charge in [0.1, 0.15) is 6.07 Å². The third kappa shape index (κ3) is 1.28. The van der Waals surface area contributed by atoms with Gasteiger partial charge in [-0.2, -0.15) is 5.26 Å². The lowest BCUT2D eigenvalue weighted by atomic mass is 9.91. The highest BCUT2D eigenvalue weighted by atomic mass is 15.3. The summed E-state index contributed by atoms with van der Waals surface area (Å²) in [5.41, 5.74) is 1.72. The molecule has 76 valence electrons. The molecule has 0 aliphatic carbocycles. The highest BCUT2D eigenvalue weighted by molar-refractivity contribution is 5.53. The fraction of sp³-hybridized carbons (Fsp3) is 0.455. The minimum atomic E-state index is 0.612. The molecule has 2 saturated heterocycles. The zero-order chi connectivity index (χ0) is 10.3. The van der Waals surface area contributed by atoms with Crippen LogP contribution in [0.2, 0.25) is 0 Å². The number of hydrogen-bond acceptors (Lipinski definition) is 4. The Morgan fingerprint density at radius 3 is 3.20 bits per heavy atom. The predicted octanol–water partition coefficient (Wildman–Crippen LogP) is 0.361. The molecule has 1 N–H and O–H groups in total. The Balaban J connectivity index is 1.85. The second-order valence-corrected chi connectivity index (χ2v) is 4.18. The lowest BCUT2D eigenvalue weighted by molar-refractivity contribution is 0.365. The van der Waals surface area contributed by atoms with Gasteiger partial charge in [-0.3, -0.25) is 4.98 Å². The first-order chi connectivity index (χ1) is 7.38. The monoisotopic (exact) mass is 200 g/mol. The molecule has 0 amide bonds. The standard InChI is InChI=1S/C11H12N4/c12-2-8-1-10(5-13-3-8)15-7-9-4-14-6-11(9)15/h1,3,5,9,11,14H,4,6-7H2/t9?,11-/m0/s1. The molecule has 0 saturated carbocycles. The number of rotatable bonds is 1. The van der Waals surface area contributed by atoms with E-state index in [0.717, 1.165) is 31.2 Å². The molecule has 15 heavy (non-hydrogen) atoms. The van der Waals surface area contributed by atoms with Gasteiger partial charge in [0, 0.05) is 37.8 Å². The molecule has 3 rings (SSSR count). The number of nitriles is 1. The maximum Gasteiger partial charge on any atom is 0.101 e. The Bertz CT molecular complexity index is 423. The van der Waals surface area contributed by atoms with Crippen LogP contribution in [0.25, 0.3) is 0 Å². The van der Waals surface area contributed by atoms with Gasteiger partial charge >= 0.3 is 0 Å². The molecule has 4 heteroatoms. The van der Waals surface area contributed by atoms with Crippen LogP contribution in [0.1, 0.15) is 5.56 Å². The Kier molecular flexibility index (Phi) is 1.86. The fourth-order valence-corrected chi connectivity index (χ4v) is 2.46. The summed E-state index contributed by atoms with van der Waals surface area (Å²) in [4.78, 5) is 6.42. The smallest absolute Gasteiger partial charge is 0.101 e. The number of fused-ring (bicyclic) bond motifs is 1. The van der Waals surface area contributed by atoms with Crippen LogP contribution in [-0.4, -0.2) is 30.7 Å². The number of pyridine rings is 1. The summed E-state index contributed by atoms with van der Waals surface area (Å²) in [6.07, 6.45) is 3.45. The number of anilines is 1. The first kappa shape index (κ1) is 8.69. The molecular formula is C11H12N4. The van der Waals surface area contributed by atoms with Crippen molar-refractivity contribution >= 4 is 5.69 Å².